The average molecular weight is 350 g/mol. The van der Waals surface area contributed by atoms with Crippen LogP contribution in [0.2, 0.25) is 0 Å². The number of ether oxygens (including phenoxy) is 2. The first-order valence-electron chi connectivity index (χ1n) is 7.67. The van der Waals surface area contributed by atoms with Crippen LogP contribution in [-0.4, -0.2) is 11.9 Å². The van der Waals surface area contributed by atoms with E-state index in [4.69, 9.17) is 13.9 Å². The van der Waals surface area contributed by atoms with Gasteiger partial charge < -0.3 is 13.9 Å². The van der Waals surface area contributed by atoms with E-state index in [-0.39, 0.29) is 11.2 Å². The van der Waals surface area contributed by atoms with Gasteiger partial charge in [0.25, 0.3) is 0 Å². The van der Waals surface area contributed by atoms with E-state index >= 15 is 0 Å². The van der Waals surface area contributed by atoms with E-state index in [0.717, 1.165) is 6.08 Å². The highest BCUT2D eigenvalue weighted by Crippen LogP contribution is 2.26. The summed E-state index contributed by atoms with van der Waals surface area (Å²) in [6, 6.07) is 12.4. The maximum Gasteiger partial charge on any atom is 0.335 e. The van der Waals surface area contributed by atoms with Crippen LogP contribution in [0.15, 0.2) is 70.4 Å². The van der Waals surface area contributed by atoms with E-state index in [1.165, 1.54) is 19.1 Å². The molecule has 1 aromatic heterocycles. The molecule has 0 saturated carbocycles. The lowest BCUT2D eigenvalue weighted by atomic mass is 10.1. The van der Waals surface area contributed by atoms with Crippen LogP contribution >= 0.6 is 0 Å². The molecular formula is C20H14O6. The smallest absolute Gasteiger partial charge is 0.335 e. The summed E-state index contributed by atoms with van der Waals surface area (Å²) in [4.78, 5) is 34.6. The second kappa shape index (κ2) is 7.06. The highest BCUT2D eigenvalue weighted by atomic mass is 16.5. The molecule has 0 atom stereocenters. The van der Waals surface area contributed by atoms with Gasteiger partial charge in [0.05, 0.1) is 5.39 Å². The first-order valence-corrected chi connectivity index (χ1v) is 7.67. The summed E-state index contributed by atoms with van der Waals surface area (Å²) in [7, 11) is 0. The third kappa shape index (κ3) is 3.70. The summed E-state index contributed by atoms with van der Waals surface area (Å²) >= 11 is 0. The van der Waals surface area contributed by atoms with Crippen LogP contribution < -0.4 is 14.9 Å². The molecule has 0 bridgehead atoms. The molecule has 2 aromatic carbocycles. The molecule has 26 heavy (non-hydrogen) atoms. The number of rotatable bonds is 4. The zero-order valence-corrected chi connectivity index (χ0v) is 13.9. The van der Waals surface area contributed by atoms with Gasteiger partial charge in [-0.3, -0.25) is 9.59 Å². The Morgan fingerprint density at radius 1 is 1.00 bits per heavy atom. The SMILES string of the molecule is C=CC(=O)Oc1ccc(-c2cc(=O)c3cc(OC(C)=O)ccc3o2)cc1. The van der Waals surface area contributed by atoms with Gasteiger partial charge in [0.1, 0.15) is 22.8 Å². The van der Waals surface area contributed by atoms with Crippen molar-refractivity contribution in [3.05, 3.63) is 71.4 Å². The molecule has 3 aromatic rings. The average Bonchev–Trinajstić information content (AvgIpc) is 2.62. The number of hydrogen-bond acceptors (Lipinski definition) is 6. The third-order valence-corrected chi connectivity index (χ3v) is 3.48. The van der Waals surface area contributed by atoms with E-state index in [1.54, 1.807) is 36.4 Å². The number of benzene rings is 2. The van der Waals surface area contributed by atoms with Crippen LogP contribution in [0.25, 0.3) is 22.3 Å². The molecule has 130 valence electrons. The van der Waals surface area contributed by atoms with Crippen molar-refractivity contribution in [2.24, 2.45) is 0 Å². The lowest BCUT2D eigenvalue weighted by molar-refractivity contribution is -0.132. The summed E-state index contributed by atoms with van der Waals surface area (Å²) in [5.41, 5.74) is 0.745. The maximum atomic E-state index is 12.4. The Kier molecular flexibility index (Phi) is 4.66. The number of fused-ring (bicyclic) bond motifs is 1. The zero-order valence-electron chi connectivity index (χ0n) is 13.9. The fourth-order valence-electron chi connectivity index (χ4n) is 2.35. The molecule has 0 fully saturated rings. The topological polar surface area (TPSA) is 82.8 Å². The molecule has 3 rings (SSSR count). The molecule has 1 heterocycles. The van der Waals surface area contributed by atoms with Gasteiger partial charge in [-0.2, -0.15) is 0 Å². The van der Waals surface area contributed by atoms with Crippen LogP contribution in [0.3, 0.4) is 0 Å². The Hall–Kier alpha value is -3.67. The Morgan fingerprint density at radius 2 is 1.69 bits per heavy atom. The normalized spacial score (nSPS) is 10.3. The molecule has 0 N–H and O–H groups in total. The van der Waals surface area contributed by atoms with E-state index in [0.29, 0.717) is 28.0 Å². The predicted molar refractivity (Wildman–Crippen MR) is 95.1 cm³/mol. The van der Waals surface area contributed by atoms with Gasteiger partial charge in [-0.15, -0.1) is 0 Å². The van der Waals surface area contributed by atoms with Crippen LogP contribution in [0, 0.1) is 0 Å². The van der Waals surface area contributed by atoms with Gasteiger partial charge >= 0.3 is 11.9 Å². The van der Waals surface area contributed by atoms with Crippen molar-refractivity contribution in [3.63, 3.8) is 0 Å². The fourth-order valence-corrected chi connectivity index (χ4v) is 2.35. The van der Waals surface area contributed by atoms with Crippen LogP contribution in [0.5, 0.6) is 11.5 Å². The van der Waals surface area contributed by atoms with Gasteiger partial charge in [0.2, 0.25) is 0 Å². The van der Waals surface area contributed by atoms with Gasteiger partial charge in [-0.05, 0) is 42.5 Å². The second-order valence-corrected chi connectivity index (χ2v) is 5.38. The van der Waals surface area contributed by atoms with E-state index in [9.17, 15) is 14.4 Å². The second-order valence-electron chi connectivity index (χ2n) is 5.38. The van der Waals surface area contributed by atoms with Crippen molar-refractivity contribution in [1.29, 1.82) is 0 Å². The molecule has 0 radical (unpaired) electrons. The highest BCUT2D eigenvalue weighted by Gasteiger charge is 2.10. The molecule has 0 amide bonds. The standard InChI is InChI=1S/C20H14O6/c1-3-20(23)25-14-6-4-13(5-7-14)19-11-17(22)16-10-15(24-12(2)21)8-9-18(16)26-19/h3-11H,1H2,2H3. The minimum atomic E-state index is -0.557. The van der Waals surface area contributed by atoms with Gasteiger partial charge in [0.15, 0.2) is 5.43 Å². The van der Waals surface area contributed by atoms with Crippen molar-refractivity contribution in [2.75, 3.05) is 0 Å². The van der Waals surface area contributed by atoms with E-state index in [1.807, 2.05) is 0 Å². The minimum Gasteiger partial charge on any atom is -0.456 e. The molecular weight excluding hydrogens is 336 g/mol. The van der Waals surface area contributed by atoms with Crippen molar-refractivity contribution < 1.29 is 23.5 Å². The zero-order chi connectivity index (χ0) is 18.7. The van der Waals surface area contributed by atoms with Crippen LogP contribution in [0.4, 0.5) is 0 Å². The predicted octanol–water partition coefficient (Wildman–Crippen LogP) is 3.48. The Labute approximate surface area is 148 Å². The van der Waals surface area contributed by atoms with Crippen molar-refractivity contribution in [3.8, 4) is 22.8 Å². The lowest BCUT2D eigenvalue weighted by Gasteiger charge is -2.06. The molecule has 0 aliphatic carbocycles. The molecule has 0 unspecified atom stereocenters. The highest BCUT2D eigenvalue weighted by molar-refractivity contribution is 5.83. The quantitative estimate of drug-likeness (QED) is 0.407. The summed E-state index contributed by atoms with van der Waals surface area (Å²) in [5.74, 6) is -0.0308. The summed E-state index contributed by atoms with van der Waals surface area (Å²) in [5, 5.41) is 0.309. The molecule has 0 saturated heterocycles. The van der Waals surface area contributed by atoms with E-state index < -0.39 is 11.9 Å². The summed E-state index contributed by atoms with van der Waals surface area (Å²) in [6.07, 6.45) is 1.07. The number of carbonyl (C=O) groups excluding carboxylic acids is 2. The lowest BCUT2D eigenvalue weighted by Crippen LogP contribution is -2.04. The third-order valence-electron chi connectivity index (χ3n) is 3.48. The molecule has 0 aliphatic heterocycles. The van der Waals surface area contributed by atoms with Crippen molar-refractivity contribution >= 4 is 22.9 Å². The number of esters is 2. The van der Waals surface area contributed by atoms with Gasteiger partial charge in [-0.25, -0.2) is 4.79 Å². The van der Waals surface area contributed by atoms with E-state index in [2.05, 4.69) is 6.58 Å². The largest absolute Gasteiger partial charge is 0.456 e. The Balaban J connectivity index is 1.96. The molecule has 0 aliphatic rings. The Morgan fingerprint density at radius 3 is 2.35 bits per heavy atom. The number of carbonyl (C=O) groups is 2. The Bertz CT molecular complexity index is 1060. The molecule has 6 nitrogen and oxygen atoms in total. The van der Waals surface area contributed by atoms with Crippen LogP contribution in [0.1, 0.15) is 6.92 Å². The summed E-state index contributed by atoms with van der Waals surface area (Å²) in [6.45, 7) is 4.61. The maximum absolute atomic E-state index is 12.4. The first-order chi connectivity index (χ1) is 12.5. The minimum absolute atomic E-state index is 0.266. The molecule has 0 spiro atoms. The molecule has 6 heteroatoms. The van der Waals surface area contributed by atoms with Gasteiger partial charge in [0, 0.05) is 24.6 Å². The van der Waals surface area contributed by atoms with Gasteiger partial charge in [-0.1, -0.05) is 6.58 Å². The first kappa shape index (κ1) is 17.2. The van der Waals surface area contributed by atoms with Crippen molar-refractivity contribution in [1.82, 2.24) is 0 Å². The fraction of sp³-hybridized carbons (Fsp3) is 0.0500. The number of hydrogen-bond donors (Lipinski definition) is 0. The van der Waals surface area contributed by atoms with Crippen LogP contribution in [-0.2, 0) is 9.59 Å². The summed E-state index contributed by atoms with van der Waals surface area (Å²) < 4.78 is 15.7. The van der Waals surface area contributed by atoms with Crippen molar-refractivity contribution in [2.45, 2.75) is 6.92 Å². The monoisotopic (exact) mass is 350 g/mol.